The molecule has 0 bridgehead atoms. The highest BCUT2D eigenvalue weighted by atomic mass is 19.2. The van der Waals surface area contributed by atoms with Gasteiger partial charge in [-0.15, -0.1) is 0 Å². The number of carbonyl (C=O) groups is 2. The molecule has 0 N–H and O–H groups in total. The van der Waals surface area contributed by atoms with Gasteiger partial charge < -0.3 is 19.4 Å². The number of ether oxygens (including phenoxy) is 1. The van der Waals surface area contributed by atoms with Crippen LogP contribution < -0.4 is 4.90 Å². The van der Waals surface area contributed by atoms with Gasteiger partial charge >= 0.3 is 0 Å². The van der Waals surface area contributed by atoms with E-state index in [0.717, 1.165) is 31.6 Å². The molecule has 1 aromatic carbocycles. The summed E-state index contributed by atoms with van der Waals surface area (Å²) in [5.41, 5.74) is 0.739. The Morgan fingerprint density at radius 3 is 2.32 bits per heavy atom. The SMILES string of the molecule is CCC(=O)N1CCCN(C)CCCN(C(=O)COC)Cc2cc(F)c(F)cc21. The third kappa shape index (κ3) is 5.72. The Labute approximate surface area is 165 Å². The van der Waals surface area contributed by atoms with Gasteiger partial charge in [0.1, 0.15) is 6.61 Å². The molecule has 1 aromatic rings. The quantitative estimate of drug-likeness (QED) is 0.786. The molecule has 2 rings (SSSR count). The molecule has 0 aliphatic carbocycles. The molecule has 0 saturated heterocycles. The van der Waals surface area contributed by atoms with Crippen LogP contribution in [0.15, 0.2) is 12.1 Å². The van der Waals surface area contributed by atoms with E-state index in [-0.39, 0.29) is 31.4 Å². The largest absolute Gasteiger partial charge is 0.375 e. The summed E-state index contributed by atoms with van der Waals surface area (Å²) in [6.07, 6.45) is 1.72. The van der Waals surface area contributed by atoms with E-state index in [2.05, 4.69) is 4.90 Å². The van der Waals surface area contributed by atoms with Crippen LogP contribution in [-0.4, -0.2) is 68.6 Å². The normalized spacial score (nSPS) is 16.9. The molecule has 28 heavy (non-hydrogen) atoms. The van der Waals surface area contributed by atoms with E-state index in [1.165, 1.54) is 12.0 Å². The Kier molecular flexibility index (Phi) is 8.32. The highest BCUT2D eigenvalue weighted by molar-refractivity contribution is 5.94. The number of nitrogens with zero attached hydrogens (tertiary/aromatic N) is 3. The Bertz CT molecular complexity index is 700. The zero-order chi connectivity index (χ0) is 20.7. The van der Waals surface area contributed by atoms with Crippen LogP contribution in [0.3, 0.4) is 0 Å². The fourth-order valence-corrected chi connectivity index (χ4v) is 3.38. The Morgan fingerprint density at radius 1 is 1.04 bits per heavy atom. The van der Waals surface area contributed by atoms with Gasteiger partial charge in [-0.3, -0.25) is 9.59 Å². The first-order valence-electron chi connectivity index (χ1n) is 9.60. The Morgan fingerprint density at radius 2 is 1.68 bits per heavy atom. The van der Waals surface area contributed by atoms with E-state index in [1.54, 1.807) is 11.8 Å². The minimum absolute atomic E-state index is 0.0892. The fraction of sp³-hybridized carbons (Fsp3) is 0.600. The van der Waals surface area contributed by atoms with Crippen molar-refractivity contribution in [3.05, 3.63) is 29.3 Å². The second-order valence-corrected chi connectivity index (χ2v) is 7.05. The number of amides is 2. The number of fused-ring (bicyclic) bond motifs is 1. The molecule has 0 saturated carbocycles. The summed E-state index contributed by atoms with van der Waals surface area (Å²) in [5, 5.41) is 0. The van der Waals surface area contributed by atoms with Gasteiger partial charge in [-0.1, -0.05) is 6.92 Å². The van der Waals surface area contributed by atoms with Crippen molar-refractivity contribution in [3.63, 3.8) is 0 Å². The third-order valence-corrected chi connectivity index (χ3v) is 4.89. The summed E-state index contributed by atoms with van der Waals surface area (Å²) >= 11 is 0. The molecule has 2 amide bonds. The lowest BCUT2D eigenvalue weighted by molar-refractivity contribution is -0.135. The van der Waals surface area contributed by atoms with Crippen LogP contribution in [0, 0.1) is 11.6 Å². The lowest BCUT2D eigenvalue weighted by atomic mass is 10.1. The highest BCUT2D eigenvalue weighted by Gasteiger charge is 2.24. The Balaban J connectivity index is 2.48. The van der Waals surface area contributed by atoms with Gasteiger partial charge in [0.25, 0.3) is 0 Å². The second-order valence-electron chi connectivity index (χ2n) is 7.05. The van der Waals surface area contributed by atoms with Gasteiger partial charge in [-0.05, 0) is 44.6 Å². The molecule has 1 aliphatic heterocycles. The molecule has 0 atom stereocenters. The minimum Gasteiger partial charge on any atom is -0.375 e. The summed E-state index contributed by atoms with van der Waals surface area (Å²) in [7, 11) is 3.43. The zero-order valence-corrected chi connectivity index (χ0v) is 16.8. The van der Waals surface area contributed by atoms with Crippen molar-refractivity contribution in [1.82, 2.24) is 9.80 Å². The van der Waals surface area contributed by atoms with E-state index in [0.29, 0.717) is 30.8 Å². The number of benzene rings is 1. The monoisotopic (exact) mass is 397 g/mol. The van der Waals surface area contributed by atoms with Crippen molar-refractivity contribution >= 4 is 17.5 Å². The van der Waals surface area contributed by atoms with Crippen molar-refractivity contribution in [2.24, 2.45) is 0 Å². The van der Waals surface area contributed by atoms with Crippen LogP contribution in [0.25, 0.3) is 0 Å². The molecule has 1 aliphatic rings. The number of methoxy groups -OCH3 is 1. The van der Waals surface area contributed by atoms with Crippen LogP contribution in [-0.2, 0) is 20.9 Å². The minimum atomic E-state index is -1.01. The van der Waals surface area contributed by atoms with Crippen LogP contribution >= 0.6 is 0 Å². The van der Waals surface area contributed by atoms with E-state index >= 15 is 0 Å². The number of hydrogen-bond donors (Lipinski definition) is 0. The molecule has 0 spiro atoms. The second kappa shape index (κ2) is 10.5. The third-order valence-electron chi connectivity index (χ3n) is 4.89. The van der Waals surface area contributed by atoms with Crippen molar-refractivity contribution in [2.75, 3.05) is 51.8 Å². The average Bonchev–Trinajstić information content (AvgIpc) is 2.66. The molecule has 0 unspecified atom stereocenters. The fourth-order valence-electron chi connectivity index (χ4n) is 3.38. The standard InChI is InChI=1S/C20H29F2N3O3/c1-4-19(26)25-10-6-8-23(2)7-5-9-24(20(27)14-28-3)13-15-11-16(21)17(22)12-18(15)25/h11-12H,4-10,13-14H2,1-3H3. The van der Waals surface area contributed by atoms with E-state index in [9.17, 15) is 18.4 Å². The van der Waals surface area contributed by atoms with E-state index < -0.39 is 11.6 Å². The predicted molar refractivity (Wildman–Crippen MR) is 103 cm³/mol. The number of hydrogen-bond acceptors (Lipinski definition) is 4. The molecule has 8 heteroatoms. The topological polar surface area (TPSA) is 53.1 Å². The molecule has 1 heterocycles. The van der Waals surface area contributed by atoms with Crippen molar-refractivity contribution in [1.29, 1.82) is 0 Å². The molecule has 6 nitrogen and oxygen atoms in total. The smallest absolute Gasteiger partial charge is 0.248 e. The van der Waals surface area contributed by atoms with Gasteiger partial charge in [0, 0.05) is 39.2 Å². The average molecular weight is 397 g/mol. The summed E-state index contributed by atoms with van der Waals surface area (Å²) in [6, 6.07) is 2.15. The highest BCUT2D eigenvalue weighted by Crippen LogP contribution is 2.27. The summed E-state index contributed by atoms with van der Waals surface area (Å²) in [6.45, 7) is 4.16. The van der Waals surface area contributed by atoms with Gasteiger partial charge in [0.05, 0.1) is 5.69 Å². The molecular weight excluding hydrogens is 368 g/mol. The Hall–Kier alpha value is -2.06. The first-order valence-corrected chi connectivity index (χ1v) is 9.60. The first kappa shape index (κ1) is 22.2. The van der Waals surface area contributed by atoms with Gasteiger partial charge in [-0.2, -0.15) is 0 Å². The van der Waals surface area contributed by atoms with Crippen molar-refractivity contribution in [3.8, 4) is 0 Å². The maximum absolute atomic E-state index is 14.0. The number of anilines is 1. The van der Waals surface area contributed by atoms with Gasteiger partial charge in [-0.25, -0.2) is 8.78 Å². The summed E-state index contributed by atoms with van der Waals surface area (Å²) in [5.74, 6) is -2.40. The van der Waals surface area contributed by atoms with Crippen LogP contribution in [0.5, 0.6) is 0 Å². The van der Waals surface area contributed by atoms with Crippen LogP contribution in [0.2, 0.25) is 0 Å². The molecule has 0 aromatic heterocycles. The number of rotatable bonds is 3. The van der Waals surface area contributed by atoms with Gasteiger partial charge in [0.15, 0.2) is 11.6 Å². The zero-order valence-electron chi connectivity index (χ0n) is 16.8. The first-order chi connectivity index (χ1) is 13.4. The summed E-state index contributed by atoms with van der Waals surface area (Å²) < 4.78 is 33.0. The van der Waals surface area contributed by atoms with Crippen LogP contribution in [0.1, 0.15) is 31.7 Å². The molecule has 0 radical (unpaired) electrons. The molecule has 0 fully saturated rings. The maximum Gasteiger partial charge on any atom is 0.248 e. The number of halogens is 2. The van der Waals surface area contributed by atoms with E-state index in [4.69, 9.17) is 4.74 Å². The molecule has 156 valence electrons. The van der Waals surface area contributed by atoms with E-state index in [1.807, 2.05) is 7.05 Å². The number of carbonyl (C=O) groups excluding carboxylic acids is 2. The lowest BCUT2D eigenvalue weighted by Gasteiger charge is -2.30. The molecular formula is C20H29F2N3O3. The van der Waals surface area contributed by atoms with Crippen molar-refractivity contribution in [2.45, 2.75) is 32.7 Å². The lowest BCUT2D eigenvalue weighted by Crippen LogP contribution is -2.39. The van der Waals surface area contributed by atoms with Crippen molar-refractivity contribution < 1.29 is 23.1 Å². The van der Waals surface area contributed by atoms with Gasteiger partial charge in [0.2, 0.25) is 11.8 Å². The summed E-state index contributed by atoms with van der Waals surface area (Å²) in [4.78, 5) is 30.2. The predicted octanol–water partition coefficient (Wildman–Crippen LogP) is 2.41. The maximum atomic E-state index is 14.0. The van der Waals surface area contributed by atoms with Crippen LogP contribution in [0.4, 0.5) is 14.5 Å².